The fraction of sp³-hybridized carbons (Fsp3) is 0.125. The van der Waals surface area contributed by atoms with Gasteiger partial charge in [-0.05, 0) is 12.1 Å². The zero-order valence-corrected chi connectivity index (χ0v) is 11.3. The van der Waals surface area contributed by atoms with Gasteiger partial charge in [-0.25, -0.2) is 0 Å². The van der Waals surface area contributed by atoms with Crippen LogP contribution in [-0.4, -0.2) is 19.0 Å². The van der Waals surface area contributed by atoms with Gasteiger partial charge >= 0.3 is 0 Å². The van der Waals surface area contributed by atoms with Crippen molar-refractivity contribution in [2.24, 2.45) is 0 Å². The standard InChI is InChI=1S/C16H12O5/c1-18-12-6-9-4-2-3-5-11(9)21-16-14(12)10(17)7-13-15(16)20-8-19-13/h2-7,17H,8H2,1H3. The normalized spacial score (nSPS) is 14.4. The Kier molecular flexibility index (Phi) is 2.47. The van der Waals surface area contributed by atoms with E-state index < -0.39 is 0 Å². The molecule has 0 aromatic heterocycles. The summed E-state index contributed by atoms with van der Waals surface area (Å²) in [6.45, 7) is 0.0995. The third-order valence-electron chi connectivity index (χ3n) is 3.48. The van der Waals surface area contributed by atoms with Crippen molar-refractivity contribution in [2.45, 2.75) is 0 Å². The van der Waals surface area contributed by atoms with Gasteiger partial charge in [0, 0.05) is 11.6 Å². The predicted octanol–water partition coefficient (Wildman–Crippen LogP) is 3.37. The van der Waals surface area contributed by atoms with Gasteiger partial charge < -0.3 is 24.1 Å². The van der Waals surface area contributed by atoms with E-state index in [9.17, 15) is 5.11 Å². The maximum absolute atomic E-state index is 10.3. The van der Waals surface area contributed by atoms with Crippen LogP contribution in [0, 0.1) is 0 Å². The van der Waals surface area contributed by atoms with Crippen molar-refractivity contribution < 1.29 is 24.1 Å². The van der Waals surface area contributed by atoms with Crippen molar-refractivity contribution in [3.63, 3.8) is 0 Å². The topological polar surface area (TPSA) is 57.2 Å². The van der Waals surface area contributed by atoms with Crippen LogP contribution in [0.1, 0.15) is 11.1 Å². The number of hydrogen-bond donors (Lipinski definition) is 1. The fourth-order valence-corrected chi connectivity index (χ4v) is 2.51. The van der Waals surface area contributed by atoms with E-state index >= 15 is 0 Å². The van der Waals surface area contributed by atoms with Crippen LogP contribution in [0.3, 0.4) is 0 Å². The first kappa shape index (κ1) is 12.0. The Morgan fingerprint density at radius 2 is 1.95 bits per heavy atom. The minimum atomic E-state index is 0.0233. The second kappa shape index (κ2) is 4.34. The molecular weight excluding hydrogens is 272 g/mol. The largest absolute Gasteiger partial charge is 0.507 e. The third kappa shape index (κ3) is 1.71. The van der Waals surface area contributed by atoms with Gasteiger partial charge in [0.2, 0.25) is 12.5 Å². The van der Waals surface area contributed by atoms with E-state index in [0.717, 1.165) is 5.56 Å². The molecule has 2 aromatic rings. The van der Waals surface area contributed by atoms with Gasteiger partial charge in [-0.3, -0.25) is 0 Å². The lowest BCUT2D eigenvalue weighted by molar-refractivity contribution is 0.171. The molecule has 1 N–H and O–H groups in total. The van der Waals surface area contributed by atoms with E-state index in [1.165, 1.54) is 6.07 Å². The van der Waals surface area contributed by atoms with Gasteiger partial charge in [0.05, 0.1) is 7.11 Å². The number of rotatable bonds is 1. The number of ether oxygens (including phenoxy) is 4. The molecule has 0 amide bonds. The summed E-state index contributed by atoms with van der Waals surface area (Å²) in [5.74, 6) is 2.53. The summed E-state index contributed by atoms with van der Waals surface area (Å²) >= 11 is 0. The quantitative estimate of drug-likeness (QED) is 0.870. The number of benzene rings is 2. The van der Waals surface area contributed by atoms with Crippen LogP contribution >= 0.6 is 0 Å². The number of hydrogen-bond acceptors (Lipinski definition) is 5. The lowest BCUT2D eigenvalue weighted by Crippen LogP contribution is -1.95. The first-order valence-corrected chi connectivity index (χ1v) is 6.46. The lowest BCUT2D eigenvalue weighted by atomic mass is 10.1. The van der Waals surface area contributed by atoms with Crippen molar-refractivity contribution in [1.29, 1.82) is 0 Å². The Morgan fingerprint density at radius 3 is 2.81 bits per heavy atom. The molecule has 0 saturated heterocycles. The van der Waals surface area contributed by atoms with Crippen LogP contribution in [0.4, 0.5) is 0 Å². The molecule has 106 valence electrons. The Balaban J connectivity index is 2.03. The Hall–Kier alpha value is -2.82. The minimum Gasteiger partial charge on any atom is -0.507 e. The van der Waals surface area contributed by atoms with Gasteiger partial charge in [-0.1, -0.05) is 18.2 Å². The smallest absolute Gasteiger partial charge is 0.231 e. The number of phenolic OH excluding ortho intramolecular Hbond substituents is 1. The van der Waals surface area contributed by atoms with Gasteiger partial charge in [-0.2, -0.15) is 0 Å². The minimum absolute atomic E-state index is 0.0233. The number of phenols is 1. The van der Waals surface area contributed by atoms with Gasteiger partial charge in [-0.15, -0.1) is 0 Å². The van der Waals surface area contributed by atoms with E-state index in [4.69, 9.17) is 18.9 Å². The lowest BCUT2D eigenvalue weighted by Gasteiger charge is -2.14. The first-order chi connectivity index (χ1) is 10.3. The molecule has 2 aliphatic heterocycles. The average Bonchev–Trinajstić information content (AvgIpc) is 2.88. The van der Waals surface area contributed by atoms with E-state index in [-0.39, 0.29) is 12.5 Å². The first-order valence-electron chi connectivity index (χ1n) is 6.46. The summed E-state index contributed by atoms with van der Waals surface area (Å²) in [6, 6.07) is 9.05. The molecule has 0 atom stereocenters. The molecule has 5 heteroatoms. The van der Waals surface area contributed by atoms with E-state index in [1.807, 2.05) is 30.3 Å². The second-order valence-electron chi connectivity index (χ2n) is 4.69. The fourth-order valence-electron chi connectivity index (χ4n) is 2.51. The molecule has 0 spiro atoms. The summed E-state index contributed by atoms with van der Waals surface area (Å²) in [6.07, 6.45) is 1.82. The van der Waals surface area contributed by atoms with Crippen molar-refractivity contribution in [3.05, 3.63) is 41.5 Å². The highest BCUT2D eigenvalue weighted by Crippen LogP contribution is 2.53. The molecule has 0 unspecified atom stereocenters. The van der Waals surface area contributed by atoms with Crippen LogP contribution in [0.5, 0.6) is 28.7 Å². The molecule has 0 aliphatic carbocycles. The molecule has 2 aliphatic rings. The summed E-state index contributed by atoms with van der Waals surface area (Å²) in [4.78, 5) is 0. The highest BCUT2D eigenvalue weighted by atomic mass is 16.7. The molecule has 2 aromatic carbocycles. The highest BCUT2D eigenvalue weighted by Gasteiger charge is 2.30. The average molecular weight is 284 g/mol. The Labute approximate surface area is 120 Å². The second-order valence-corrected chi connectivity index (χ2v) is 4.69. The maximum atomic E-state index is 10.3. The predicted molar refractivity (Wildman–Crippen MR) is 75.6 cm³/mol. The number of para-hydroxylation sites is 1. The maximum Gasteiger partial charge on any atom is 0.231 e. The van der Waals surface area contributed by atoms with Crippen LogP contribution in [-0.2, 0) is 4.74 Å². The van der Waals surface area contributed by atoms with Crippen LogP contribution < -0.4 is 14.2 Å². The zero-order chi connectivity index (χ0) is 14.4. The van der Waals surface area contributed by atoms with Crippen molar-refractivity contribution >= 4 is 11.8 Å². The SMILES string of the molecule is COC1=Cc2ccccc2Oc2c3c(cc(O)c21)OCO3. The van der Waals surface area contributed by atoms with Gasteiger partial charge in [0.1, 0.15) is 22.8 Å². The molecule has 2 heterocycles. The summed E-state index contributed by atoms with van der Waals surface area (Å²) < 4.78 is 22.2. The molecule has 0 fully saturated rings. The van der Waals surface area contributed by atoms with E-state index in [0.29, 0.717) is 34.3 Å². The zero-order valence-electron chi connectivity index (χ0n) is 11.3. The molecule has 4 rings (SSSR count). The van der Waals surface area contributed by atoms with Crippen molar-refractivity contribution in [1.82, 2.24) is 0 Å². The molecule has 0 bridgehead atoms. The van der Waals surface area contributed by atoms with Crippen LogP contribution in [0.25, 0.3) is 11.8 Å². The number of fused-ring (bicyclic) bond motifs is 4. The van der Waals surface area contributed by atoms with E-state index in [1.54, 1.807) is 7.11 Å². The van der Waals surface area contributed by atoms with Crippen LogP contribution in [0.2, 0.25) is 0 Å². The van der Waals surface area contributed by atoms with Crippen LogP contribution in [0.15, 0.2) is 30.3 Å². The molecule has 5 nitrogen and oxygen atoms in total. The third-order valence-corrected chi connectivity index (χ3v) is 3.48. The Bertz CT molecular complexity index is 764. The van der Waals surface area contributed by atoms with Crippen molar-refractivity contribution in [3.8, 4) is 28.7 Å². The summed E-state index contributed by atoms with van der Waals surface area (Å²) in [7, 11) is 1.55. The van der Waals surface area contributed by atoms with Crippen molar-refractivity contribution in [2.75, 3.05) is 13.9 Å². The summed E-state index contributed by atoms with van der Waals surface area (Å²) in [5.41, 5.74) is 1.32. The van der Waals surface area contributed by atoms with Gasteiger partial charge in [0.15, 0.2) is 11.5 Å². The number of methoxy groups -OCH3 is 1. The molecular formula is C16H12O5. The van der Waals surface area contributed by atoms with E-state index in [2.05, 4.69) is 0 Å². The Morgan fingerprint density at radius 1 is 1.10 bits per heavy atom. The molecule has 0 saturated carbocycles. The molecule has 0 radical (unpaired) electrons. The number of aromatic hydroxyl groups is 1. The monoisotopic (exact) mass is 284 g/mol. The molecule has 21 heavy (non-hydrogen) atoms. The van der Waals surface area contributed by atoms with Gasteiger partial charge in [0.25, 0.3) is 0 Å². The highest BCUT2D eigenvalue weighted by molar-refractivity contribution is 5.88. The summed E-state index contributed by atoms with van der Waals surface area (Å²) in [5, 5.41) is 10.3.